The molecule has 2 unspecified atom stereocenters. The molecular weight excluding hydrogens is 308 g/mol. The summed E-state index contributed by atoms with van der Waals surface area (Å²) in [5.74, 6) is -0.828. The molecule has 2 aromatic rings. The molecule has 2 atom stereocenters. The van der Waals surface area contributed by atoms with Crippen LogP contribution in [0.25, 0.3) is 0 Å². The number of hydrogen-bond acceptors (Lipinski definition) is 6. The number of anilines is 1. The lowest BCUT2D eigenvalue weighted by molar-refractivity contribution is -0.307. The van der Waals surface area contributed by atoms with Crippen molar-refractivity contribution < 1.29 is 19.7 Å². The summed E-state index contributed by atoms with van der Waals surface area (Å²) in [6.45, 7) is 1.57. The fraction of sp³-hybridized carbons (Fsp3) is 0.222. The molecule has 0 bridgehead atoms. The summed E-state index contributed by atoms with van der Waals surface area (Å²) in [5.41, 5.74) is 1.93. The normalized spacial score (nSPS) is 12.8. The van der Waals surface area contributed by atoms with Crippen molar-refractivity contribution in [1.29, 1.82) is 5.26 Å². The standard InChI is InChI=1S/C18H18N2O4/c1-11(21)15-9-13(5-8-16(15)24-2)17(18(22)23)20-14-6-3-12(10-19)4-7-14/h3-9,11,17,20-21H,1-2H3,(H,22,23)/p-1. The number of rotatable bonds is 6. The van der Waals surface area contributed by atoms with Gasteiger partial charge in [-0.2, -0.15) is 5.26 Å². The molecule has 2 N–H and O–H groups in total. The summed E-state index contributed by atoms with van der Waals surface area (Å²) in [6.07, 6.45) is -0.808. The van der Waals surface area contributed by atoms with Crippen LogP contribution < -0.4 is 15.2 Å². The second kappa shape index (κ2) is 7.49. The number of carboxylic acid groups (broad SMARTS) is 1. The molecule has 0 heterocycles. The van der Waals surface area contributed by atoms with E-state index in [2.05, 4.69) is 5.32 Å². The van der Waals surface area contributed by atoms with Crippen molar-refractivity contribution in [2.24, 2.45) is 0 Å². The number of hydrogen-bond donors (Lipinski definition) is 2. The number of nitrogens with zero attached hydrogens (tertiary/aromatic N) is 1. The SMILES string of the molecule is COc1ccc(C(Nc2ccc(C#N)cc2)C(=O)[O-])cc1C(C)O. The van der Waals surface area contributed by atoms with Crippen LogP contribution in [0.1, 0.15) is 35.8 Å². The predicted octanol–water partition coefficient (Wildman–Crippen LogP) is 1.52. The number of nitriles is 1. The molecule has 0 saturated heterocycles. The third-order valence-electron chi connectivity index (χ3n) is 3.60. The fourth-order valence-electron chi connectivity index (χ4n) is 2.34. The first kappa shape index (κ1) is 17.3. The molecule has 0 amide bonds. The van der Waals surface area contributed by atoms with Crippen LogP contribution >= 0.6 is 0 Å². The highest BCUT2D eigenvalue weighted by atomic mass is 16.5. The smallest absolute Gasteiger partial charge is 0.124 e. The van der Waals surface area contributed by atoms with E-state index in [9.17, 15) is 15.0 Å². The minimum absolute atomic E-state index is 0.427. The zero-order valence-electron chi connectivity index (χ0n) is 13.3. The predicted molar refractivity (Wildman–Crippen MR) is 86.2 cm³/mol. The molecule has 2 rings (SSSR count). The molecule has 0 aliphatic rings. The highest BCUT2D eigenvalue weighted by molar-refractivity contribution is 5.77. The topological polar surface area (TPSA) is 105 Å². The quantitative estimate of drug-likeness (QED) is 0.834. The molecular formula is C18H17N2O4-. The van der Waals surface area contributed by atoms with Crippen LogP contribution in [0.15, 0.2) is 42.5 Å². The zero-order chi connectivity index (χ0) is 17.7. The van der Waals surface area contributed by atoms with Crippen molar-refractivity contribution in [2.75, 3.05) is 12.4 Å². The van der Waals surface area contributed by atoms with E-state index >= 15 is 0 Å². The van der Waals surface area contributed by atoms with E-state index in [4.69, 9.17) is 10.00 Å². The van der Waals surface area contributed by atoms with Gasteiger partial charge in [0.2, 0.25) is 0 Å². The maximum Gasteiger partial charge on any atom is 0.124 e. The number of carbonyl (C=O) groups excluding carboxylic acids is 1. The van der Waals surface area contributed by atoms with Crippen molar-refractivity contribution in [1.82, 2.24) is 0 Å². The van der Waals surface area contributed by atoms with Crippen molar-refractivity contribution in [3.8, 4) is 11.8 Å². The first-order valence-corrected chi connectivity index (χ1v) is 7.29. The molecule has 124 valence electrons. The van der Waals surface area contributed by atoms with Gasteiger partial charge in [-0.1, -0.05) is 6.07 Å². The minimum atomic E-state index is -1.30. The third-order valence-corrected chi connectivity index (χ3v) is 3.60. The number of nitrogens with one attached hydrogen (secondary N) is 1. The lowest BCUT2D eigenvalue weighted by Crippen LogP contribution is -2.34. The van der Waals surface area contributed by atoms with Gasteiger partial charge in [-0.25, -0.2) is 0 Å². The van der Waals surface area contributed by atoms with Gasteiger partial charge in [-0.15, -0.1) is 0 Å². The van der Waals surface area contributed by atoms with Crippen LogP contribution in [0.2, 0.25) is 0 Å². The van der Waals surface area contributed by atoms with Gasteiger partial charge in [0.05, 0.1) is 36.9 Å². The molecule has 0 aliphatic heterocycles. The summed E-state index contributed by atoms with van der Waals surface area (Å²) in [5, 5.41) is 33.0. The van der Waals surface area contributed by atoms with Crippen molar-refractivity contribution in [3.05, 3.63) is 59.2 Å². The maximum atomic E-state index is 11.5. The Labute approximate surface area is 139 Å². The summed E-state index contributed by atoms with van der Waals surface area (Å²) < 4.78 is 5.17. The average Bonchev–Trinajstić information content (AvgIpc) is 2.59. The molecule has 0 aliphatic carbocycles. The summed E-state index contributed by atoms with van der Waals surface area (Å²) in [4.78, 5) is 11.5. The van der Waals surface area contributed by atoms with Gasteiger partial charge < -0.3 is 25.1 Å². The molecule has 0 spiro atoms. The Morgan fingerprint density at radius 1 is 1.29 bits per heavy atom. The van der Waals surface area contributed by atoms with Crippen molar-refractivity contribution >= 4 is 11.7 Å². The fourth-order valence-corrected chi connectivity index (χ4v) is 2.34. The van der Waals surface area contributed by atoms with Crippen LogP contribution in [0.4, 0.5) is 5.69 Å². The molecule has 6 heteroatoms. The highest BCUT2D eigenvalue weighted by Gasteiger charge is 2.17. The highest BCUT2D eigenvalue weighted by Crippen LogP contribution is 2.29. The largest absolute Gasteiger partial charge is 0.548 e. The van der Waals surface area contributed by atoms with Gasteiger partial charge in [-0.05, 0) is 48.9 Å². The number of methoxy groups -OCH3 is 1. The van der Waals surface area contributed by atoms with E-state index in [1.165, 1.54) is 7.11 Å². The third kappa shape index (κ3) is 3.83. The number of aliphatic hydroxyl groups excluding tert-OH is 1. The van der Waals surface area contributed by atoms with E-state index in [1.807, 2.05) is 6.07 Å². The van der Waals surface area contributed by atoms with Gasteiger partial charge >= 0.3 is 0 Å². The Morgan fingerprint density at radius 3 is 2.46 bits per heavy atom. The van der Waals surface area contributed by atoms with Crippen LogP contribution in [0.3, 0.4) is 0 Å². The maximum absolute atomic E-state index is 11.5. The van der Waals surface area contributed by atoms with Gasteiger partial charge in [0.15, 0.2) is 0 Å². The van der Waals surface area contributed by atoms with Crippen LogP contribution in [0, 0.1) is 11.3 Å². The summed E-state index contributed by atoms with van der Waals surface area (Å²) in [6, 6.07) is 12.1. The Hall–Kier alpha value is -3.04. The van der Waals surface area contributed by atoms with E-state index < -0.39 is 18.1 Å². The number of carbonyl (C=O) groups is 1. The number of carboxylic acids is 1. The first-order valence-electron chi connectivity index (χ1n) is 7.29. The van der Waals surface area contributed by atoms with Crippen LogP contribution in [-0.4, -0.2) is 18.2 Å². The van der Waals surface area contributed by atoms with Gasteiger partial charge in [0.25, 0.3) is 0 Å². The Bertz CT molecular complexity index is 764. The number of benzene rings is 2. The molecule has 2 aromatic carbocycles. The summed E-state index contributed by atoms with van der Waals surface area (Å²) in [7, 11) is 1.48. The molecule has 24 heavy (non-hydrogen) atoms. The molecule has 0 fully saturated rings. The van der Waals surface area contributed by atoms with Crippen LogP contribution in [0.5, 0.6) is 5.75 Å². The monoisotopic (exact) mass is 325 g/mol. The lowest BCUT2D eigenvalue weighted by atomic mass is 10.00. The van der Waals surface area contributed by atoms with Gasteiger partial charge in [0.1, 0.15) is 5.75 Å². The van der Waals surface area contributed by atoms with E-state index in [0.717, 1.165) is 0 Å². The number of aliphatic carboxylic acids is 1. The van der Waals surface area contributed by atoms with E-state index in [0.29, 0.717) is 28.1 Å². The number of ether oxygens (including phenoxy) is 1. The zero-order valence-corrected chi connectivity index (χ0v) is 13.3. The minimum Gasteiger partial charge on any atom is -0.548 e. The number of aliphatic hydroxyl groups is 1. The van der Waals surface area contributed by atoms with E-state index in [-0.39, 0.29) is 0 Å². The lowest BCUT2D eigenvalue weighted by Gasteiger charge is -2.23. The van der Waals surface area contributed by atoms with Crippen LogP contribution in [-0.2, 0) is 4.79 Å². The first-order chi connectivity index (χ1) is 11.5. The molecule has 0 radical (unpaired) electrons. The van der Waals surface area contributed by atoms with Crippen molar-refractivity contribution in [2.45, 2.75) is 19.1 Å². The van der Waals surface area contributed by atoms with E-state index in [1.54, 1.807) is 49.4 Å². The second-order valence-corrected chi connectivity index (χ2v) is 5.26. The molecule has 0 aromatic heterocycles. The second-order valence-electron chi connectivity index (χ2n) is 5.26. The molecule has 6 nitrogen and oxygen atoms in total. The summed E-state index contributed by atoms with van der Waals surface area (Å²) >= 11 is 0. The van der Waals surface area contributed by atoms with Crippen molar-refractivity contribution in [3.63, 3.8) is 0 Å². The average molecular weight is 325 g/mol. The Balaban J connectivity index is 2.35. The Morgan fingerprint density at radius 2 is 1.96 bits per heavy atom. The molecule has 0 saturated carbocycles. The van der Waals surface area contributed by atoms with Gasteiger partial charge in [0, 0.05) is 11.3 Å². The van der Waals surface area contributed by atoms with Gasteiger partial charge in [-0.3, -0.25) is 0 Å². The Kier molecular flexibility index (Phi) is 5.40.